The van der Waals surface area contributed by atoms with Gasteiger partial charge >= 0.3 is 11.9 Å². The van der Waals surface area contributed by atoms with E-state index in [1.54, 1.807) is 36.0 Å². The highest BCUT2D eigenvalue weighted by Gasteiger charge is 2.30. The smallest absolute Gasteiger partial charge is 0.284 e. The molecule has 3 aromatic carbocycles. The van der Waals surface area contributed by atoms with Gasteiger partial charge in [-0.2, -0.15) is 0 Å². The lowest BCUT2D eigenvalue weighted by molar-refractivity contribution is -0.721. The number of hydrogen-bond donors (Lipinski definition) is 2. The Hall–Kier alpha value is -2.96. The van der Waals surface area contributed by atoms with Gasteiger partial charge in [0, 0.05) is 9.79 Å². The second kappa shape index (κ2) is 7.34. The molecule has 0 unspecified atom stereocenters. The number of benzene rings is 3. The summed E-state index contributed by atoms with van der Waals surface area (Å²) >= 11 is 7.73. The first-order valence-corrected chi connectivity index (χ1v) is 9.35. The Balaban J connectivity index is 1.66. The molecule has 0 aliphatic carbocycles. The highest BCUT2D eigenvalue weighted by Crippen LogP contribution is 2.47. The number of rotatable bonds is 2. The minimum Gasteiger partial charge on any atom is -0.284 e. The Labute approximate surface area is 165 Å². The maximum absolute atomic E-state index is 12.9. The molecule has 1 heterocycles. The van der Waals surface area contributed by atoms with Crippen molar-refractivity contribution in [2.45, 2.75) is 9.79 Å². The van der Waals surface area contributed by atoms with Gasteiger partial charge < -0.3 is 0 Å². The van der Waals surface area contributed by atoms with Crippen LogP contribution in [0.5, 0.6) is 0 Å². The molecule has 3 aromatic rings. The summed E-state index contributed by atoms with van der Waals surface area (Å²) in [5.74, 6) is 0.155. The van der Waals surface area contributed by atoms with E-state index in [9.17, 15) is 4.79 Å². The van der Waals surface area contributed by atoms with Crippen molar-refractivity contribution in [3.63, 3.8) is 0 Å². The minimum absolute atomic E-state index is 0.155. The number of nitrogens with two attached hydrogens (primary N) is 1. The molecule has 0 spiro atoms. The topological polar surface area (TPSA) is 69.5 Å². The van der Waals surface area contributed by atoms with E-state index < -0.39 is 6.09 Å². The zero-order chi connectivity index (χ0) is 18.8. The summed E-state index contributed by atoms with van der Waals surface area (Å²) in [7, 11) is 0. The maximum atomic E-state index is 12.9. The lowest BCUT2D eigenvalue weighted by atomic mass is 10.2. The van der Waals surface area contributed by atoms with Crippen molar-refractivity contribution >= 4 is 46.7 Å². The molecule has 134 valence electrons. The van der Waals surface area contributed by atoms with E-state index in [-0.39, 0.29) is 5.84 Å². The first-order valence-electron chi connectivity index (χ1n) is 8.15. The van der Waals surface area contributed by atoms with Gasteiger partial charge in [-0.15, -0.1) is 0 Å². The zero-order valence-electron chi connectivity index (χ0n) is 14.1. The van der Waals surface area contributed by atoms with Crippen LogP contribution in [0.1, 0.15) is 5.56 Å². The molecule has 7 heteroatoms. The number of amidine groups is 1. The number of amides is 1. The molecular formula is C20H15ClN3O2S+. The number of para-hydroxylation sites is 2. The number of anilines is 2. The third-order valence-electron chi connectivity index (χ3n) is 4.03. The zero-order valence-corrected chi connectivity index (χ0v) is 15.6. The Bertz CT molecular complexity index is 1010. The molecular weight excluding hydrogens is 382 g/mol. The van der Waals surface area contributed by atoms with Crippen molar-refractivity contribution < 1.29 is 14.8 Å². The van der Waals surface area contributed by atoms with Crippen LogP contribution in [0.15, 0.2) is 82.6 Å². The van der Waals surface area contributed by atoms with Crippen molar-refractivity contribution in [2.75, 3.05) is 4.90 Å². The standard InChI is InChI=1S/C20H14ClN3O2S/c21-14-8-2-1-7-13(14)19(22)23-26-20(25)24-15-9-3-5-11-17(15)27-18-12-6-4-10-16(18)24/h1-12H,(H2,22,23)/p+1. The maximum Gasteiger partial charge on any atom is 0.463 e. The summed E-state index contributed by atoms with van der Waals surface area (Å²) in [5.41, 5.74) is 8.05. The molecule has 0 aromatic heterocycles. The Morgan fingerprint density at radius 2 is 1.48 bits per heavy atom. The summed E-state index contributed by atoms with van der Waals surface area (Å²) in [4.78, 5) is 21.6. The van der Waals surface area contributed by atoms with Crippen molar-refractivity contribution in [2.24, 2.45) is 5.73 Å². The van der Waals surface area contributed by atoms with Gasteiger partial charge in [0.2, 0.25) is 0 Å². The van der Waals surface area contributed by atoms with Gasteiger partial charge in [-0.1, -0.05) is 64.9 Å². The highest BCUT2D eigenvalue weighted by atomic mass is 35.5. The summed E-state index contributed by atoms with van der Waals surface area (Å²) in [5, 5.41) is 2.97. The van der Waals surface area contributed by atoms with Gasteiger partial charge in [-0.05, 0) is 36.4 Å². The predicted octanol–water partition coefficient (Wildman–Crippen LogP) is 3.48. The van der Waals surface area contributed by atoms with Crippen LogP contribution < -0.4 is 15.8 Å². The van der Waals surface area contributed by atoms with Crippen molar-refractivity contribution in [1.29, 1.82) is 0 Å². The molecule has 3 N–H and O–H groups in total. The molecule has 1 aliphatic heterocycles. The number of nitrogens with zero attached hydrogens (tertiary/aromatic N) is 1. The SMILES string of the molecule is NC(=[NH+]OC(=O)N1c2ccccc2Sc2ccccc21)c1ccccc1Cl. The Morgan fingerprint density at radius 3 is 2.11 bits per heavy atom. The van der Waals surface area contributed by atoms with Crippen LogP contribution in [-0.4, -0.2) is 11.9 Å². The monoisotopic (exact) mass is 396 g/mol. The number of nitrogens with one attached hydrogen (secondary N) is 1. The highest BCUT2D eigenvalue weighted by molar-refractivity contribution is 7.99. The Kier molecular flexibility index (Phi) is 4.75. The first kappa shape index (κ1) is 17.5. The average molecular weight is 397 g/mol. The largest absolute Gasteiger partial charge is 0.463 e. The van der Waals surface area contributed by atoms with Gasteiger partial charge in [-0.25, -0.2) is 14.5 Å². The summed E-state index contributed by atoms with van der Waals surface area (Å²) < 4.78 is 0. The van der Waals surface area contributed by atoms with Crippen molar-refractivity contribution in [1.82, 2.24) is 0 Å². The third kappa shape index (κ3) is 3.37. The van der Waals surface area contributed by atoms with Crippen LogP contribution in [0, 0.1) is 0 Å². The second-order valence-electron chi connectivity index (χ2n) is 5.74. The van der Waals surface area contributed by atoms with E-state index in [0.29, 0.717) is 10.6 Å². The fourth-order valence-electron chi connectivity index (χ4n) is 2.78. The van der Waals surface area contributed by atoms with Crippen LogP contribution in [0.2, 0.25) is 5.02 Å². The number of nitrogen functional groups attached to an aromatic ring is 1. The van der Waals surface area contributed by atoms with Crippen molar-refractivity contribution in [3.8, 4) is 0 Å². The lowest BCUT2D eigenvalue weighted by Crippen LogP contribution is -2.76. The van der Waals surface area contributed by atoms with Gasteiger partial charge in [0.1, 0.15) is 0 Å². The number of halogens is 1. The second-order valence-corrected chi connectivity index (χ2v) is 7.23. The van der Waals surface area contributed by atoms with E-state index in [1.807, 2.05) is 48.5 Å². The number of carbonyl (C=O) groups excluding carboxylic acids is 1. The lowest BCUT2D eigenvalue weighted by Gasteiger charge is -2.28. The molecule has 0 fully saturated rings. The van der Waals surface area contributed by atoms with Gasteiger partial charge in [0.25, 0.3) is 0 Å². The minimum atomic E-state index is -0.592. The van der Waals surface area contributed by atoms with Crippen LogP contribution in [0.25, 0.3) is 0 Å². The fraction of sp³-hybridized carbons (Fsp3) is 0. The van der Waals surface area contributed by atoms with Gasteiger partial charge in [0.05, 0.1) is 22.0 Å². The Morgan fingerprint density at radius 1 is 0.926 bits per heavy atom. The molecule has 1 amide bonds. The number of carbonyl (C=O) groups is 1. The van der Waals surface area contributed by atoms with E-state index in [2.05, 4.69) is 5.16 Å². The molecule has 0 radical (unpaired) electrons. The van der Waals surface area contributed by atoms with Crippen molar-refractivity contribution in [3.05, 3.63) is 83.4 Å². The molecule has 0 saturated heterocycles. The molecule has 0 bridgehead atoms. The molecule has 5 nitrogen and oxygen atoms in total. The first-order chi connectivity index (χ1) is 13.1. The van der Waals surface area contributed by atoms with E-state index in [1.165, 1.54) is 4.90 Å². The molecule has 4 rings (SSSR count). The molecule has 1 aliphatic rings. The van der Waals surface area contributed by atoms with Crippen LogP contribution in [0.4, 0.5) is 16.2 Å². The quantitative estimate of drug-likeness (QED) is 0.301. The van der Waals surface area contributed by atoms with E-state index in [4.69, 9.17) is 22.2 Å². The van der Waals surface area contributed by atoms with Crippen LogP contribution in [0.3, 0.4) is 0 Å². The summed E-state index contributed by atoms with van der Waals surface area (Å²) in [6, 6.07) is 22.4. The summed E-state index contributed by atoms with van der Waals surface area (Å²) in [6.45, 7) is 0. The average Bonchev–Trinajstić information content (AvgIpc) is 2.70. The third-order valence-corrected chi connectivity index (χ3v) is 5.49. The van der Waals surface area contributed by atoms with E-state index >= 15 is 0 Å². The molecule has 27 heavy (non-hydrogen) atoms. The fourth-order valence-corrected chi connectivity index (χ4v) is 4.08. The number of hydrogen-bond acceptors (Lipinski definition) is 3. The molecule has 0 atom stereocenters. The van der Waals surface area contributed by atoms with Crippen LogP contribution >= 0.6 is 23.4 Å². The molecule has 0 saturated carbocycles. The van der Waals surface area contributed by atoms with Crippen LogP contribution in [-0.2, 0) is 4.84 Å². The predicted molar refractivity (Wildman–Crippen MR) is 106 cm³/mol. The van der Waals surface area contributed by atoms with E-state index in [0.717, 1.165) is 21.2 Å². The summed E-state index contributed by atoms with van der Waals surface area (Å²) in [6.07, 6.45) is -0.592. The normalized spacial score (nSPS) is 12.9. The van der Waals surface area contributed by atoms with Gasteiger partial charge in [-0.3, -0.25) is 5.73 Å². The van der Waals surface area contributed by atoms with Gasteiger partial charge in [0.15, 0.2) is 0 Å². The number of fused-ring (bicyclic) bond motifs is 2.